The lowest BCUT2D eigenvalue weighted by Crippen LogP contribution is -2.02. The van der Waals surface area contributed by atoms with Crippen molar-refractivity contribution < 1.29 is 9.53 Å². The number of carbonyl (C=O) groups is 1. The van der Waals surface area contributed by atoms with Crippen molar-refractivity contribution in [3.8, 4) is 0 Å². The fourth-order valence-corrected chi connectivity index (χ4v) is 2.83. The van der Waals surface area contributed by atoms with Crippen LogP contribution < -0.4 is 5.73 Å². The molecule has 0 radical (unpaired) electrons. The number of rotatable bonds is 3. The molecule has 4 nitrogen and oxygen atoms in total. The van der Waals surface area contributed by atoms with Crippen molar-refractivity contribution in [3.05, 3.63) is 47.2 Å². The van der Waals surface area contributed by atoms with Crippen molar-refractivity contribution in [3.63, 3.8) is 0 Å². The predicted molar refractivity (Wildman–Crippen MR) is 80.0 cm³/mol. The van der Waals surface area contributed by atoms with Gasteiger partial charge in [0.05, 0.1) is 12.7 Å². The molecule has 0 bridgehead atoms. The van der Waals surface area contributed by atoms with Crippen LogP contribution in [0.4, 0.5) is 5.69 Å². The lowest BCUT2D eigenvalue weighted by Gasteiger charge is -2.08. The van der Waals surface area contributed by atoms with Gasteiger partial charge in [-0.05, 0) is 49.7 Å². The third kappa shape index (κ3) is 3.30. The van der Waals surface area contributed by atoms with E-state index in [0.717, 1.165) is 21.2 Å². The van der Waals surface area contributed by atoms with Crippen LogP contribution in [0, 0.1) is 13.8 Å². The number of hydrogen-bond acceptors (Lipinski definition) is 5. The van der Waals surface area contributed by atoms with Crippen molar-refractivity contribution in [2.75, 3.05) is 12.8 Å². The van der Waals surface area contributed by atoms with Crippen LogP contribution in [0.3, 0.4) is 0 Å². The Bertz CT molecular complexity index is 636. The van der Waals surface area contributed by atoms with Crippen LogP contribution in [0.1, 0.15) is 21.6 Å². The molecular weight excluding hydrogens is 272 g/mol. The van der Waals surface area contributed by atoms with Gasteiger partial charge >= 0.3 is 5.97 Å². The monoisotopic (exact) mass is 288 g/mol. The smallest absolute Gasteiger partial charge is 0.337 e. The predicted octanol–water partition coefficient (Wildman–Crippen LogP) is 3.22. The minimum Gasteiger partial charge on any atom is -0.465 e. The van der Waals surface area contributed by atoms with Crippen molar-refractivity contribution >= 4 is 23.4 Å². The number of aromatic nitrogens is 1. The van der Waals surface area contributed by atoms with Gasteiger partial charge in [-0.1, -0.05) is 11.8 Å². The molecule has 20 heavy (non-hydrogen) atoms. The molecule has 1 heterocycles. The Hall–Kier alpha value is -2.01. The van der Waals surface area contributed by atoms with Gasteiger partial charge in [0.25, 0.3) is 0 Å². The first kappa shape index (κ1) is 14.4. The first-order valence-corrected chi connectivity index (χ1v) is 6.92. The molecule has 2 N–H and O–H groups in total. The van der Waals surface area contributed by atoms with Crippen LogP contribution in [-0.4, -0.2) is 18.1 Å². The molecule has 2 rings (SSSR count). The van der Waals surface area contributed by atoms with E-state index in [1.54, 1.807) is 12.1 Å². The Kier molecular flexibility index (Phi) is 4.29. The van der Waals surface area contributed by atoms with E-state index in [4.69, 9.17) is 5.73 Å². The second-order valence-corrected chi connectivity index (χ2v) is 5.53. The lowest BCUT2D eigenvalue weighted by molar-refractivity contribution is 0.0600. The molecule has 0 saturated heterocycles. The number of aryl methyl sites for hydroxylation is 2. The highest BCUT2D eigenvalue weighted by atomic mass is 32.2. The number of nitrogen functional groups attached to an aromatic ring is 1. The van der Waals surface area contributed by atoms with E-state index in [-0.39, 0.29) is 0 Å². The quantitative estimate of drug-likeness (QED) is 0.694. The van der Waals surface area contributed by atoms with Crippen LogP contribution >= 0.6 is 11.8 Å². The molecule has 104 valence electrons. The summed E-state index contributed by atoms with van der Waals surface area (Å²) in [4.78, 5) is 16.8. The van der Waals surface area contributed by atoms with E-state index in [1.807, 2.05) is 32.0 Å². The molecular formula is C15H16N2O2S. The molecule has 0 spiro atoms. The number of anilines is 1. The number of ether oxygens (including phenoxy) is 1. The highest BCUT2D eigenvalue weighted by Gasteiger charge is 2.10. The molecule has 0 atom stereocenters. The average molecular weight is 288 g/mol. The minimum absolute atomic E-state index is 0.391. The second-order valence-electron chi connectivity index (χ2n) is 4.47. The molecule has 0 unspecified atom stereocenters. The Labute approximate surface area is 122 Å². The number of benzene rings is 1. The van der Waals surface area contributed by atoms with E-state index >= 15 is 0 Å². The van der Waals surface area contributed by atoms with Crippen LogP contribution in [0.25, 0.3) is 0 Å². The maximum Gasteiger partial charge on any atom is 0.337 e. The van der Waals surface area contributed by atoms with Gasteiger partial charge in [-0.3, -0.25) is 0 Å². The summed E-state index contributed by atoms with van der Waals surface area (Å²) < 4.78 is 4.67. The molecule has 2 aromatic rings. The summed E-state index contributed by atoms with van der Waals surface area (Å²) in [5, 5.41) is 0.889. The first-order chi connectivity index (χ1) is 9.49. The summed E-state index contributed by atoms with van der Waals surface area (Å²) in [6.45, 7) is 3.99. The molecule has 0 aliphatic heterocycles. The number of methoxy groups -OCH3 is 1. The van der Waals surface area contributed by atoms with Gasteiger partial charge in [0.1, 0.15) is 5.03 Å². The van der Waals surface area contributed by atoms with Crippen LogP contribution in [-0.2, 0) is 4.74 Å². The Morgan fingerprint density at radius 1 is 1.25 bits per heavy atom. The molecule has 0 aliphatic rings. The van der Waals surface area contributed by atoms with E-state index in [1.165, 1.54) is 18.9 Å². The number of carbonyl (C=O) groups excluding carboxylic acids is 1. The number of hydrogen-bond donors (Lipinski definition) is 1. The van der Waals surface area contributed by atoms with E-state index in [0.29, 0.717) is 11.3 Å². The van der Waals surface area contributed by atoms with Crippen molar-refractivity contribution in [2.24, 2.45) is 0 Å². The largest absolute Gasteiger partial charge is 0.465 e. The summed E-state index contributed by atoms with van der Waals surface area (Å²) in [7, 11) is 1.35. The highest BCUT2D eigenvalue weighted by molar-refractivity contribution is 7.99. The fourth-order valence-electron chi connectivity index (χ4n) is 1.86. The molecule has 1 aromatic carbocycles. The van der Waals surface area contributed by atoms with E-state index in [9.17, 15) is 4.79 Å². The number of nitrogens with two attached hydrogens (primary N) is 1. The van der Waals surface area contributed by atoms with Gasteiger partial charge in [-0.2, -0.15) is 0 Å². The summed E-state index contributed by atoms with van der Waals surface area (Å²) in [5.74, 6) is -0.391. The van der Waals surface area contributed by atoms with Crippen molar-refractivity contribution in [1.82, 2.24) is 4.98 Å². The molecule has 0 saturated carbocycles. The van der Waals surface area contributed by atoms with Crippen LogP contribution in [0.15, 0.2) is 40.3 Å². The SMILES string of the molecule is COC(=O)c1ccc(Sc2cc(C)cc(C)n2)c(N)c1. The third-order valence-corrected chi connectivity index (χ3v) is 3.73. The van der Waals surface area contributed by atoms with Crippen LogP contribution in [0.2, 0.25) is 0 Å². The van der Waals surface area contributed by atoms with Crippen molar-refractivity contribution in [1.29, 1.82) is 0 Å². The fraction of sp³-hybridized carbons (Fsp3) is 0.200. The normalized spacial score (nSPS) is 10.3. The van der Waals surface area contributed by atoms with Gasteiger partial charge in [-0.25, -0.2) is 9.78 Å². The standard InChI is InChI=1S/C15H16N2O2S/c1-9-6-10(2)17-14(7-9)20-13-5-4-11(8-12(13)16)15(18)19-3/h4-8H,16H2,1-3H3. The molecule has 0 aliphatic carbocycles. The summed E-state index contributed by atoms with van der Waals surface area (Å²) in [5.41, 5.74) is 9.10. The van der Waals surface area contributed by atoms with Crippen molar-refractivity contribution in [2.45, 2.75) is 23.8 Å². The lowest BCUT2D eigenvalue weighted by atomic mass is 10.2. The van der Waals surface area contributed by atoms with Gasteiger partial charge in [0.2, 0.25) is 0 Å². The zero-order valence-corrected chi connectivity index (χ0v) is 12.5. The third-order valence-electron chi connectivity index (χ3n) is 2.72. The molecule has 0 fully saturated rings. The Morgan fingerprint density at radius 3 is 2.60 bits per heavy atom. The summed E-state index contributed by atoms with van der Waals surface area (Å²) in [6.07, 6.45) is 0. The Balaban J connectivity index is 2.27. The summed E-state index contributed by atoms with van der Waals surface area (Å²) >= 11 is 1.48. The zero-order chi connectivity index (χ0) is 14.7. The number of pyridine rings is 1. The maximum atomic E-state index is 11.4. The van der Waals surface area contributed by atoms with Crippen LogP contribution in [0.5, 0.6) is 0 Å². The van der Waals surface area contributed by atoms with E-state index < -0.39 is 5.97 Å². The summed E-state index contributed by atoms with van der Waals surface area (Å²) in [6, 6.07) is 9.16. The zero-order valence-electron chi connectivity index (χ0n) is 11.6. The van der Waals surface area contributed by atoms with Gasteiger partial charge in [-0.15, -0.1) is 0 Å². The van der Waals surface area contributed by atoms with Gasteiger partial charge in [0.15, 0.2) is 0 Å². The Morgan fingerprint density at radius 2 is 2.00 bits per heavy atom. The van der Waals surface area contributed by atoms with Gasteiger partial charge in [0, 0.05) is 16.3 Å². The van der Waals surface area contributed by atoms with Gasteiger partial charge < -0.3 is 10.5 Å². The average Bonchev–Trinajstić information content (AvgIpc) is 2.39. The molecule has 1 aromatic heterocycles. The number of esters is 1. The number of nitrogens with zero attached hydrogens (tertiary/aromatic N) is 1. The molecule has 5 heteroatoms. The van der Waals surface area contributed by atoms with E-state index in [2.05, 4.69) is 9.72 Å². The minimum atomic E-state index is -0.391. The maximum absolute atomic E-state index is 11.4. The topological polar surface area (TPSA) is 65.2 Å². The highest BCUT2D eigenvalue weighted by Crippen LogP contribution is 2.32. The second kappa shape index (κ2) is 5.96. The molecule has 0 amide bonds. The first-order valence-electron chi connectivity index (χ1n) is 6.10.